The number of aliphatic carboxylic acids is 1. The van der Waals surface area contributed by atoms with Crippen molar-refractivity contribution in [3.05, 3.63) is 0 Å². The first kappa shape index (κ1) is 15.9. The zero-order valence-corrected chi connectivity index (χ0v) is 12.1. The van der Waals surface area contributed by atoms with Gasteiger partial charge in [-0.1, -0.05) is 13.8 Å². The summed E-state index contributed by atoms with van der Waals surface area (Å²) >= 11 is 0. The highest BCUT2D eigenvalue weighted by atomic mass is 16.4. The summed E-state index contributed by atoms with van der Waals surface area (Å²) in [6.07, 6.45) is 0. The van der Waals surface area contributed by atoms with Gasteiger partial charge in [0.05, 0.1) is 6.54 Å². The quantitative estimate of drug-likeness (QED) is 0.733. The molecule has 0 radical (unpaired) electrons. The summed E-state index contributed by atoms with van der Waals surface area (Å²) in [4.78, 5) is 28.8. The zero-order valence-electron chi connectivity index (χ0n) is 12.1. The fraction of sp³-hybridized carbons (Fsp3) is 0.846. The summed E-state index contributed by atoms with van der Waals surface area (Å²) in [5, 5.41) is 8.96. The van der Waals surface area contributed by atoms with Crippen LogP contribution in [-0.2, 0) is 9.59 Å². The van der Waals surface area contributed by atoms with E-state index in [-0.39, 0.29) is 5.91 Å². The third-order valence-electron chi connectivity index (χ3n) is 3.83. The first-order chi connectivity index (χ1) is 8.99. The topological polar surface area (TPSA) is 64.1 Å². The molecule has 1 aliphatic heterocycles. The lowest BCUT2D eigenvalue weighted by molar-refractivity contribution is -0.144. The largest absolute Gasteiger partial charge is 0.480 e. The van der Waals surface area contributed by atoms with Crippen LogP contribution in [-0.4, -0.2) is 83.5 Å². The Morgan fingerprint density at radius 1 is 1.16 bits per heavy atom. The minimum absolute atomic E-state index is 0.145. The van der Waals surface area contributed by atoms with Crippen molar-refractivity contribution < 1.29 is 14.7 Å². The molecule has 0 saturated carbocycles. The van der Waals surface area contributed by atoms with Crippen molar-refractivity contribution in [3.8, 4) is 0 Å². The van der Waals surface area contributed by atoms with Crippen molar-refractivity contribution in [3.63, 3.8) is 0 Å². The van der Waals surface area contributed by atoms with Crippen molar-refractivity contribution >= 4 is 11.9 Å². The molecular formula is C13H25N3O3. The van der Waals surface area contributed by atoms with E-state index in [9.17, 15) is 9.59 Å². The van der Waals surface area contributed by atoms with Gasteiger partial charge in [0.1, 0.15) is 6.04 Å². The number of nitrogens with zero attached hydrogens (tertiary/aromatic N) is 3. The van der Waals surface area contributed by atoms with Gasteiger partial charge >= 0.3 is 5.97 Å². The molecule has 1 N–H and O–H groups in total. The number of carbonyl (C=O) groups is 2. The molecular weight excluding hydrogens is 246 g/mol. The molecule has 1 heterocycles. The second-order valence-electron chi connectivity index (χ2n) is 4.89. The highest BCUT2D eigenvalue weighted by molar-refractivity contribution is 5.78. The Balaban J connectivity index is 2.41. The van der Waals surface area contributed by atoms with Crippen molar-refractivity contribution in [1.29, 1.82) is 0 Å². The summed E-state index contributed by atoms with van der Waals surface area (Å²) in [5.41, 5.74) is 0. The maximum absolute atomic E-state index is 12.1. The molecule has 6 nitrogen and oxygen atoms in total. The minimum atomic E-state index is -0.803. The number of rotatable bonds is 6. The van der Waals surface area contributed by atoms with Gasteiger partial charge in [0, 0.05) is 26.2 Å². The Labute approximate surface area is 115 Å². The molecule has 0 aliphatic carbocycles. The maximum atomic E-state index is 12.1. The van der Waals surface area contributed by atoms with Gasteiger partial charge in [-0.3, -0.25) is 19.4 Å². The summed E-state index contributed by atoms with van der Waals surface area (Å²) in [5.74, 6) is -0.658. The number of carbonyl (C=O) groups excluding carboxylic acids is 1. The average molecular weight is 271 g/mol. The Morgan fingerprint density at radius 3 is 2.11 bits per heavy atom. The molecule has 0 bridgehead atoms. The van der Waals surface area contributed by atoms with Crippen LogP contribution in [0.1, 0.15) is 20.8 Å². The zero-order chi connectivity index (χ0) is 14.4. The highest BCUT2D eigenvalue weighted by Crippen LogP contribution is 2.07. The molecule has 19 heavy (non-hydrogen) atoms. The number of hydrogen-bond acceptors (Lipinski definition) is 4. The smallest absolute Gasteiger partial charge is 0.320 e. The lowest BCUT2D eigenvalue weighted by Gasteiger charge is -2.37. The summed E-state index contributed by atoms with van der Waals surface area (Å²) in [7, 11) is 0. The molecule has 1 fully saturated rings. The van der Waals surface area contributed by atoms with E-state index in [1.165, 1.54) is 0 Å². The van der Waals surface area contributed by atoms with E-state index in [2.05, 4.69) is 4.90 Å². The standard InChI is InChI=1S/C13H25N3O3/c1-4-14(5-2)10-12(17)16-8-6-15(7-9-16)11(3)13(18)19/h11H,4-10H2,1-3H3,(H,18,19). The van der Waals surface area contributed by atoms with Crippen LogP contribution in [0, 0.1) is 0 Å². The van der Waals surface area contributed by atoms with Crippen LogP contribution < -0.4 is 0 Å². The normalized spacial score (nSPS) is 18.6. The van der Waals surface area contributed by atoms with Gasteiger partial charge in [-0.05, 0) is 20.0 Å². The number of carboxylic acids is 1. The Hall–Kier alpha value is -1.14. The minimum Gasteiger partial charge on any atom is -0.480 e. The molecule has 1 rings (SSSR count). The van der Waals surface area contributed by atoms with E-state index in [4.69, 9.17) is 5.11 Å². The average Bonchev–Trinajstić information content (AvgIpc) is 2.43. The monoisotopic (exact) mass is 271 g/mol. The third kappa shape index (κ3) is 4.47. The van der Waals surface area contributed by atoms with E-state index < -0.39 is 12.0 Å². The van der Waals surface area contributed by atoms with Crippen molar-refractivity contribution in [2.24, 2.45) is 0 Å². The van der Waals surface area contributed by atoms with E-state index >= 15 is 0 Å². The molecule has 0 aromatic rings. The first-order valence-corrected chi connectivity index (χ1v) is 6.96. The van der Waals surface area contributed by atoms with Gasteiger partial charge < -0.3 is 10.0 Å². The van der Waals surface area contributed by atoms with Crippen molar-refractivity contribution in [2.45, 2.75) is 26.8 Å². The molecule has 0 spiro atoms. The van der Waals surface area contributed by atoms with E-state index in [1.807, 2.05) is 23.6 Å². The van der Waals surface area contributed by atoms with Gasteiger partial charge in [-0.15, -0.1) is 0 Å². The van der Waals surface area contributed by atoms with Crippen molar-refractivity contribution in [2.75, 3.05) is 45.8 Å². The van der Waals surface area contributed by atoms with Gasteiger partial charge in [0.25, 0.3) is 0 Å². The SMILES string of the molecule is CCN(CC)CC(=O)N1CCN(C(C)C(=O)O)CC1. The molecule has 1 unspecified atom stereocenters. The summed E-state index contributed by atoms with van der Waals surface area (Å²) in [6.45, 7) is 10.5. The molecule has 1 amide bonds. The second kappa shape index (κ2) is 7.45. The van der Waals surface area contributed by atoms with Gasteiger partial charge in [0.15, 0.2) is 0 Å². The third-order valence-corrected chi connectivity index (χ3v) is 3.83. The molecule has 6 heteroatoms. The van der Waals surface area contributed by atoms with Crippen LogP contribution in [0.5, 0.6) is 0 Å². The van der Waals surface area contributed by atoms with Crippen molar-refractivity contribution in [1.82, 2.24) is 14.7 Å². The fourth-order valence-corrected chi connectivity index (χ4v) is 2.25. The first-order valence-electron chi connectivity index (χ1n) is 6.96. The number of likely N-dealkylation sites (N-methyl/N-ethyl adjacent to an activating group) is 1. The van der Waals surface area contributed by atoms with E-state index in [1.54, 1.807) is 6.92 Å². The van der Waals surface area contributed by atoms with Gasteiger partial charge in [-0.2, -0.15) is 0 Å². The molecule has 0 aromatic heterocycles. The lowest BCUT2D eigenvalue weighted by atomic mass is 10.2. The summed E-state index contributed by atoms with van der Waals surface area (Å²) < 4.78 is 0. The number of amides is 1. The predicted octanol–water partition coefficient (Wildman–Crippen LogP) is -0.0545. The van der Waals surface area contributed by atoms with Crippen LogP contribution >= 0.6 is 0 Å². The van der Waals surface area contributed by atoms with Crippen LogP contribution in [0.15, 0.2) is 0 Å². The van der Waals surface area contributed by atoms with Gasteiger partial charge in [0.2, 0.25) is 5.91 Å². The maximum Gasteiger partial charge on any atom is 0.320 e. The highest BCUT2D eigenvalue weighted by Gasteiger charge is 2.27. The van der Waals surface area contributed by atoms with Crippen LogP contribution in [0.2, 0.25) is 0 Å². The van der Waals surface area contributed by atoms with Crippen LogP contribution in [0.25, 0.3) is 0 Å². The molecule has 110 valence electrons. The second-order valence-corrected chi connectivity index (χ2v) is 4.89. The predicted molar refractivity (Wildman–Crippen MR) is 73.0 cm³/mol. The number of carboxylic acid groups (broad SMARTS) is 1. The Bertz CT molecular complexity index is 310. The van der Waals surface area contributed by atoms with Gasteiger partial charge in [-0.25, -0.2) is 0 Å². The van der Waals surface area contributed by atoms with E-state index in [0.29, 0.717) is 32.7 Å². The van der Waals surface area contributed by atoms with E-state index in [0.717, 1.165) is 13.1 Å². The lowest BCUT2D eigenvalue weighted by Crippen LogP contribution is -2.54. The van der Waals surface area contributed by atoms with Crippen LogP contribution in [0.4, 0.5) is 0 Å². The summed E-state index contributed by atoms with van der Waals surface area (Å²) in [6, 6.07) is -0.472. The Kier molecular flexibility index (Phi) is 6.24. The number of hydrogen-bond donors (Lipinski definition) is 1. The molecule has 0 aromatic carbocycles. The number of piperazine rings is 1. The fourth-order valence-electron chi connectivity index (χ4n) is 2.25. The molecule has 1 aliphatic rings. The molecule has 1 atom stereocenters. The Morgan fingerprint density at radius 2 is 1.68 bits per heavy atom. The van der Waals surface area contributed by atoms with Crippen LogP contribution in [0.3, 0.4) is 0 Å². The molecule has 1 saturated heterocycles.